The Morgan fingerprint density at radius 2 is 1.79 bits per heavy atom. The van der Waals surface area contributed by atoms with E-state index in [1.54, 1.807) is 0 Å². The second kappa shape index (κ2) is 13.5. The molecule has 4 saturated carbocycles. The third kappa shape index (κ3) is 7.24. The lowest BCUT2D eigenvalue weighted by Crippen LogP contribution is -2.77. The SMILES string of the molecule is C=O.CN(Cc1ccc(Cl)c(Cl)c1)C12CC(C3=N[C@@H]([N+](=O)NC4CC(C(F)F)C4)C(C)(C)N3)(C1)C2.O=CCCC(F)F. The predicted octanol–water partition coefficient (Wildman–Crippen LogP) is 5.83. The van der Waals surface area contributed by atoms with Gasteiger partial charge in [-0.3, -0.25) is 4.90 Å². The summed E-state index contributed by atoms with van der Waals surface area (Å²) in [4.78, 5) is 38.1. The average Bonchev–Trinajstić information content (AvgIpc) is 3.16. The van der Waals surface area contributed by atoms with Crippen LogP contribution in [0, 0.1) is 16.2 Å². The zero-order valence-electron chi connectivity index (χ0n) is 23.9. The van der Waals surface area contributed by atoms with E-state index in [4.69, 9.17) is 33.0 Å². The monoisotopic (exact) mass is 638 g/mol. The van der Waals surface area contributed by atoms with Crippen LogP contribution in [-0.4, -0.2) is 71.9 Å². The van der Waals surface area contributed by atoms with Crippen molar-refractivity contribution in [3.63, 3.8) is 0 Å². The Morgan fingerprint density at radius 3 is 2.29 bits per heavy atom. The summed E-state index contributed by atoms with van der Waals surface area (Å²) in [5.74, 6) is 0.298. The van der Waals surface area contributed by atoms with E-state index in [9.17, 15) is 27.3 Å². The first kappa shape index (κ1) is 34.2. The molecule has 2 N–H and O–H groups in total. The summed E-state index contributed by atoms with van der Waals surface area (Å²) >= 11 is 12.2. The molecule has 6 rings (SSSR count). The van der Waals surface area contributed by atoms with E-state index in [1.165, 1.54) is 0 Å². The zero-order valence-corrected chi connectivity index (χ0v) is 25.4. The van der Waals surface area contributed by atoms with Crippen molar-refractivity contribution in [2.45, 2.75) is 101 Å². The fourth-order valence-corrected chi connectivity index (χ4v) is 6.51. The number of aldehydes is 1. The molecule has 42 heavy (non-hydrogen) atoms. The van der Waals surface area contributed by atoms with E-state index < -0.39 is 30.5 Å². The standard InChI is InChI=1S/C23H30Cl2F2N5O.C4H6F2O.CH2O/c1-21(2)20(32(33)30-15-7-14(8-15)18(26)27)28-19(29-21)22-10-23(11-22,12-22)31(3)9-13-4-5-16(24)17(25)6-13;5-4(6)2-1-3-7;1-2/h4-6,14-15,18,20H,7-12H2,1-3H3,(H,28,29)(H,30,33);3-4H,1-2H2;1H2/q+1;;/t14?,15?,20-,22?,23?;;/m0../s1. The molecule has 8 nitrogen and oxygen atoms in total. The quantitative estimate of drug-likeness (QED) is 0.137. The number of nitrogens with zero attached hydrogens (tertiary/aromatic N) is 3. The Balaban J connectivity index is 0.000000474. The van der Waals surface area contributed by atoms with Gasteiger partial charge in [0.1, 0.15) is 29.3 Å². The number of rotatable bonds is 11. The highest BCUT2D eigenvalue weighted by molar-refractivity contribution is 6.42. The normalized spacial score (nSPS) is 29.9. The highest BCUT2D eigenvalue weighted by Crippen LogP contribution is 2.70. The van der Waals surface area contributed by atoms with Crippen LogP contribution in [0.2, 0.25) is 10.0 Å². The molecule has 1 atom stereocenters. The summed E-state index contributed by atoms with van der Waals surface area (Å²) in [6.45, 7) is 6.71. The van der Waals surface area contributed by atoms with Gasteiger partial charge in [-0.15, -0.1) is 5.43 Å². The maximum Gasteiger partial charge on any atom is 0.348 e. The molecule has 4 aliphatic carbocycles. The number of benzene rings is 1. The van der Waals surface area contributed by atoms with Gasteiger partial charge >= 0.3 is 6.17 Å². The molecule has 1 aromatic carbocycles. The third-order valence-electron chi connectivity index (χ3n) is 8.62. The summed E-state index contributed by atoms with van der Waals surface area (Å²) in [5.41, 5.74) is 3.58. The minimum atomic E-state index is -2.33. The average molecular weight is 640 g/mol. The smallest absolute Gasteiger partial charge is 0.348 e. The molecule has 5 aliphatic rings. The van der Waals surface area contributed by atoms with Crippen molar-refractivity contribution < 1.29 is 32.0 Å². The van der Waals surface area contributed by atoms with E-state index in [2.05, 4.69) is 22.7 Å². The van der Waals surface area contributed by atoms with Gasteiger partial charge in [0.2, 0.25) is 12.9 Å². The number of nitroso groups, excluding NO2 is 1. The van der Waals surface area contributed by atoms with E-state index in [0.29, 0.717) is 29.2 Å². The zero-order chi connectivity index (χ0) is 31.5. The first-order valence-electron chi connectivity index (χ1n) is 13.7. The molecule has 0 amide bonds. The minimum Gasteiger partial charge on any atom is -0.360 e. The summed E-state index contributed by atoms with van der Waals surface area (Å²) in [6.07, 6.45) is -1.47. The maximum atomic E-state index is 12.8. The number of halogens is 6. The van der Waals surface area contributed by atoms with E-state index in [0.717, 1.165) is 42.1 Å². The Kier molecular flexibility index (Phi) is 11.0. The van der Waals surface area contributed by atoms with E-state index in [1.807, 2.05) is 38.8 Å². The van der Waals surface area contributed by atoms with Crippen LogP contribution in [0.1, 0.15) is 64.4 Å². The van der Waals surface area contributed by atoms with Crippen LogP contribution >= 0.6 is 23.2 Å². The number of amidine groups is 1. The summed E-state index contributed by atoms with van der Waals surface area (Å²) in [5, 5.41) is 4.62. The molecule has 1 aromatic rings. The number of hydrogen-bond acceptors (Lipinski definition) is 6. The number of aliphatic imine (C=N–C) groups is 1. The van der Waals surface area contributed by atoms with Gasteiger partial charge in [-0.05, 0) is 70.7 Å². The number of alkyl halides is 4. The molecule has 0 radical (unpaired) electrons. The highest BCUT2D eigenvalue weighted by Gasteiger charge is 2.73. The molecule has 4 fully saturated rings. The van der Waals surface area contributed by atoms with Gasteiger partial charge in [-0.25, -0.2) is 17.6 Å². The summed E-state index contributed by atoms with van der Waals surface area (Å²) in [6, 6.07) is 5.54. The number of nitrogens with one attached hydrogen (secondary N) is 2. The molecule has 14 heteroatoms. The summed E-state index contributed by atoms with van der Waals surface area (Å²) in [7, 11) is 2.14. The third-order valence-corrected chi connectivity index (χ3v) is 9.36. The minimum absolute atomic E-state index is 0.00397. The predicted molar refractivity (Wildman–Crippen MR) is 153 cm³/mol. The van der Waals surface area contributed by atoms with E-state index in [-0.39, 0.29) is 29.8 Å². The number of hydrogen-bond donors (Lipinski definition) is 2. The van der Waals surface area contributed by atoms with Crippen molar-refractivity contribution in [1.29, 1.82) is 0 Å². The van der Waals surface area contributed by atoms with Gasteiger partial charge in [0, 0.05) is 36.3 Å². The van der Waals surface area contributed by atoms with Crippen LogP contribution in [0.5, 0.6) is 0 Å². The molecule has 234 valence electrons. The number of carbonyl (C=O) groups excluding carboxylic acids is 2. The van der Waals surface area contributed by atoms with Crippen molar-refractivity contribution in [3.05, 3.63) is 38.7 Å². The van der Waals surface area contributed by atoms with Gasteiger partial charge in [0.05, 0.1) is 21.0 Å². The van der Waals surface area contributed by atoms with Crippen molar-refractivity contribution in [1.82, 2.24) is 15.6 Å². The lowest BCUT2D eigenvalue weighted by atomic mass is 9.38. The van der Waals surface area contributed by atoms with Gasteiger partial charge in [-0.2, -0.15) is 4.99 Å². The van der Waals surface area contributed by atoms with Crippen LogP contribution in [0.15, 0.2) is 23.2 Å². The highest BCUT2D eigenvalue weighted by atomic mass is 35.5. The van der Waals surface area contributed by atoms with Crippen LogP contribution in [0.25, 0.3) is 0 Å². The van der Waals surface area contributed by atoms with Crippen molar-refractivity contribution in [2.75, 3.05) is 7.05 Å². The summed E-state index contributed by atoms with van der Waals surface area (Å²) < 4.78 is 47.6. The van der Waals surface area contributed by atoms with Crippen molar-refractivity contribution in [2.24, 2.45) is 16.3 Å². The van der Waals surface area contributed by atoms with Gasteiger partial charge in [0.25, 0.3) is 0 Å². The molecule has 0 saturated heterocycles. The molecule has 2 bridgehead atoms. The maximum absolute atomic E-state index is 12.8. The molecule has 0 spiro atoms. The molecular weight excluding hydrogens is 601 g/mol. The van der Waals surface area contributed by atoms with E-state index >= 15 is 0 Å². The second-order valence-corrected chi connectivity index (χ2v) is 13.0. The first-order valence-corrected chi connectivity index (χ1v) is 14.5. The Bertz CT molecular complexity index is 1150. The lowest BCUT2D eigenvalue weighted by Gasteiger charge is -2.73. The Hall–Kier alpha value is -2.31. The van der Waals surface area contributed by atoms with Crippen molar-refractivity contribution in [3.8, 4) is 0 Å². The molecular formula is C28H38Cl2F4N5O3+. The van der Waals surface area contributed by atoms with Crippen LogP contribution in [-0.2, 0) is 16.1 Å². The number of hydrazine groups is 1. The van der Waals surface area contributed by atoms with Gasteiger partial charge in [-0.1, -0.05) is 29.3 Å². The fourth-order valence-electron chi connectivity index (χ4n) is 6.19. The first-order chi connectivity index (χ1) is 19.7. The fraction of sp³-hybridized carbons (Fsp3) is 0.679. The largest absolute Gasteiger partial charge is 0.360 e. The Labute approximate surface area is 253 Å². The topological polar surface area (TPSA) is 93.9 Å². The number of carbonyl (C=O) groups is 2. The molecule has 1 heterocycles. The lowest BCUT2D eigenvalue weighted by molar-refractivity contribution is -0.653. The van der Waals surface area contributed by atoms with Crippen LogP contribution in [0.3, 0.4) is 0 Å². The van der Waals surface area contributed by atoms with Crippen LogP contribution < -0.4 is 10.7 Å². The van der Waals surface area contributed by atoms with Gasteiger partial charge in [0.15, 0.2) is 0 Å². The van der Waals surface area contributed by atoms with Crippen molar-refractivity contribution >= 4 is 42.1 Å². The second-order valence-electron chi connectivity index (χ2n) is 12.2. The Morgan fingerprint density at radius 1 is 1.17 bits per heavy atom. The van der Waals surface area contributed by atoms with Gasteiger partial charge < -0.3 is 14.9 Å². The molecule has 0 aromatic heterocycles. The van der Waals surface area contributed by atoms with Crippen LogP contribution in [0.4, 0.5) is 17.6 Å². The molecule has 0 unspecified atom stereocenters. The molecule has 1 aliphatic heterocycles.